The van der Waals surface area contributed by atoms with Gasteiger partial charge in [-0.05, 0) is 0 Å². The Morgan fingerprint density at radius 3 is 2.48 bits per heavy atom. The Morgan fingerprint density at radius 2 is 1.76 bits per heavy atom. The molecule has 0 radical (unpaired) electrons. The number of aliphatic hydroxyl groups excluding tert-OH is 1. The number of hydrogen-bond donors (Lipinski definition) is 1. The van der Waals surface area contributed by atoms with Gasteiger partial charge < -0.3 is 9.63 Å². The fourth-order valence-electron chi connectivity index (χ4n) is 2.53. The van der Waals surface area contributed by atoms with E-state index in [0.717, 1.165) is 38.3 Å². The van der Waals surface area contributed by atoms with Crippen LogP contribution in [-0.2, 0) is 6.54 Å². The monoisotopic (exact) mass is 288 g/mol. The van der Waals surface area contributed by atoms with Crippen LogP contribution in [0.5, 0.6) is 0 Å². The van der Waals surface area contributed by atoms with E-state index in [1.807, 2.05) is 30.3 Å². The van der Waals surface area contributed by atoms with Crippen LogP contribution in [0.15, 0.2) is 34.9 Å². The molecule has 1 aliphatic rings. The van der Waals surface area contributed by atoms with E-state index in [2.05, 4.69) is 19.9 Å². The third kappa shape index (κ3) is 3.66. The summed E-state index contributed by atoms with van der Waals surface area (Å²) < 4.78 is 5.34. The van der Waals surface area contributed by atoms with Gasteiger partial charge in [-0.1, -0.05) is 35.5 Å². The molecule has 21 heavy (non-hydrogen) atoms. The van der Waals surface area contributed by atoms with Gasteiger partial charge in [0.2, 0.25) is 11.7 Å². The van der Waals surface area contributed by atoms with E-state index in [0.29, 0.717) is 18.3 Å². The Hall–Kier alpha value is -1.76. The van der Waals surface area contributed by atoms with Crippen molar-refractivity contribution in [2.24, 2.45) is 0 Å². The maximum Gasteiger partial charge on any atom is 0.241 e. The van der Waals surface area contributed by atoms with E-state index < -0.39 is 0 Å². The molecule has 0 atom stereocenters. The molecule has 1 aromatic carbocycles. The lowest BCUT2D eigenvalue weighted by Gasteiger charge is -2.33. The molecular weight excluding hydrogens is 268 g/mol. The smallest absolute Gasteiger partial charge is 0.241 e. The molecule has 0 saturated carbocycles. The van der Waals surface area contributed by atoms with Crippen LogP contribution in [0.4, 0.5) is 0 Å². The minimum atomic E-state index is 0.226. The highest BCUT2D eigenvalue weighted by Gasteiger charge is 2.18. The molecule has 2 aromatic rings. The average molecular weight is 288 g/mol. The van der Waals surface area contributed by atoms with Gasteiger partial charge in [0.15, 0.2) is 0 Å². The zero-order valence-corrected chi connectivity index (χ0v) is 12.0. The number of rotatable bonds is 5. The summed E-state index contributed by atoms with van der Waals surface area (Å²) in [6, 6.07) is 9.85. The van der Waals surface area contributed by atoms with E-state index in [-0.39, 0.29) is 6.61 Å². The number of hydrogen-bond acceptors (Lipinski definition) is 6. The maximum atomic E-state index is 8.94. The van der Waals surface area contributed by atoms with Crippen LogP contribution in [0.2, 0.25) is 0 Å². The molecule has 3 rings (SSSR count). The van der Waals surface area contributed by atoms with Crippen molar-refractivity contribution < 1.29 is 9.63 Å². The normalized spacial score (nSPS) is 17.2. The first kappa shape index (κ1) is 14.2. The van der Waals surface area contributed by atoms with Crippen molar-refractivity contribution in [3.8, 4) is 11.4 Å². The number of nitrogens with zero attached hydrogens (tertiary/aromatic N) is 4. The molecule has 0 aliphatic carbocycles. The van der Waals surface area contributed by atoms with Crippen LogP contribution in [0, 0.1) is 0 Å². The van der Waals surface area contributed by atoms with Crippen molar-refractivity contribution in [1.82, 2.24) is 19.9 Å². The third-order valence-corrected chi connectivity index (χ3v) is 3.74. The Bertz CT molecular complexity index is 550. The van der Waals surface area contributed by atoms with Crippen molar-refractivity contribution in [1.29, 1.82) is 0 Å². The summed E-state index contributed by atoms with van der Waals surface area (Å²) in [6.07, 6.45) is 0. The molecular formula is C15H20N4O2. The molecule has 6 nitrogen and oxygen atoms in total. The van der Waals surface area contributed by atoms with Gasteiger partial charge in [0, 0.05) is 38.3 Å². The van der Waals surface area contributed by atoms with Gasteiger partial charge in [0.1, 0.15) is 0 Å². The van der Waals surface area contributed by atoms with Crippen molar-refractivity contribution in [2.45, 2.75) is 6.54 Å². The topological polar surface area (TPSA) is 65.6 Å². The van der Waals surface area contributed by atoms with Crippen molar-refractivity contribution in [2.75, 3.05) is 39.3 Å². The summed E-state index contributed by atoms with van der Waals surface area (Å²) in [7, 11) is 0. The van der Waals surface area contributed by atoms with E-state index in [1.54, 1.807) is 0 Å². The second-order valence-electron chi connectivity index (χ2n) is 5.22. The van der Waals surface area contributed by atoms with Gasteiger partial charge >= 0.3 is 0 Å². The molecule has 6 heteroatoms. The first-order valence-electron chi connectivity index (χ1n) is 7.29. The molecule has 0 amide bonds. The highest BCUT2D eigenvalue weighted by Crippen LogP contribution is 2.16. The largest absolute Gasteiger partial charge is 0.395 e. The highest BCUT2D eigenvalue weighted by atomic mass is 16.5. The molecule has 1 fully saturated rings. The van der Waals surface area contributed by atoms with Gasteiger partial charge in [-0.3, -0.25) is 9.80 Å². The Balaban J connectivity index is 1.56. The third-order valence-electron chi connectivity index (χ3n) is 3.74. The van der Waals surface area contributed by atoms with Crippen molar-refractivity contribution in [3.05, 3.63) is 36.2 Å². The lowest BCUT2D eigenvalue weighted by Crippen LogP contribution is -2.46. The molecule has 0 spiro atoms. The minimum Gasteiger partial charge on any atom is -0.395 e. The van der Waals surface area contributed by atoms with Crippen LogP contribution < -0.4 is 0 Å². The molecule has 1 aromatic heterocycles. The summed E-state index contributed by atoms with van der Waals surface area (Å²) in [5, 5.41) is 13.0. The predicted molar refractivity (Wildman–Crippen MR) is 78.5 cm³/mol. The van der Waals surface area contributed by atoms with Crippen molar-refractivity contribution in [3.63, 3.8) is 0 Å². The van der Waals surface area contributed by atoms with Crippen molar-refractivity contribution >= 4 is 0 Å². The molecule has 0 unspecified atom stereocenters. The highest BCUT2D eigenvalue weighted by molar-refractivity contribution is 5.53. The standard InChI is InChI=1S/C15H20N4O2/c20-11-10-18-6-8-19(9-7-18)12-14-16-15(17-21-14)13-4-2-1-3-5-13/h1-5,20H,6-12H2. The zero-order chi connectivity index (χ0) is 14.5. The minimum absolute atomic E-state index is 0.226. The van der Waals surface area contributed by atoms with Gasteiger partial charge in [-0.25, -0.2) is 0 Å². The van der Waals surface area contributed by atoms with Gasteiger partial charge in [0.25, 0.3) is 0 Å². The molecule has 1 aliphatic heterocycles. The van der Waals surface area contributed by atoms with Gasteiger partial charge in [-0.2, -0.15) is 4.98 Å². The predicted octanol–water partition coefficient (Wildman–Crippen LogP) is 0.846. The molecule has 1 N–H and O–H groups in total. The van der Waals surface area contributed by atoms with Crippen LogP contribution in [0.1, 0.15) is 5.89 Å². The lowest BCUT2D eigenvalue weighted by atomic mass is 10.2. The molecule has 112 valence electrons. The van der Waals surface area contributed by atoms with Gasteiger partial charge in [0.05, 0.1) is 13.2 Å². The average Bonchev–Trinajstić information content (AvgIpc) is 2.99. The van der Waals surface area contributed by atoms with Crippen LogP contribution >= 0.6 is 0 Å². The number of aliphatic hydroxyl groups is 1. The fourth-order valence-corrected chi connectivity index (χ4v) is 2.53. The Labute approximate surface area is 124 Å². The lowest BCUT2D eigenvalue weighted by molar-refractivity contribution is 0.101. The van der Waals surface area contributed by atoms with E-state index >= 15 is 0 Å². The molecule has 0 bridgehead atoms. The van der Waals surface area contributed by atoms with Crippen LogP contribution in [0.25, 0.3) is 11.4 Å². The SMILES string of the molecule is OCCN1CCN(Cc2nc(-c3ccccc3)no2)CC1. The number of aromatic nitrogens is 2. The fraction of sp³-hybridized carbons (Fsp3) is 0.467. The van der Waals surface area contributed by atoms with Crippen LogP contribution in [-0.4, -0.2) is 64.4 Å². The van der Waals surface area contributed by atoms with E-state index in [4.69, 9.17) is 9.63 Å². The maximum absolute atomic E-state index is 8.94. The van der Waals surface area contributed by atoms with E-state index in [1.165, 1.54) is 0 Å². The molecule has 2 heterocycles. The zero-order valence-electron chi connectivity index (χ0n) is 12.0. The summed E-state index contributed by atoms with van der Waals surface area (Å²) in [6.45, 7) is 5.54. The number of piperazine rings is 1. The summed E-state index contributed by atoms with van der Waals surface area (Å²) in [4.78, 5) is 9.02. The Morgan fingerprint density at radius 1 is 1.05 bits per heavy atom. The molecule has 1 saturated heterocycles. The van der Waals surface area contributed by atoms with E-state index in [9.17, 15) is 0 Å². The quantitative estimate of drug-likeness (QED) is 0.880. The number of benzene rings is 1. The summed E-state index contributed by atoms with van der Waals surface area (Å²) in [5.74, 6) is 1.30. The summed E-state index contributed by atoms with van der Waals surface area (Å²) >= 11 is 0. The second kappa shape index (κ2) is 6.80. The van der Waals surface area contributed by atoms with Crippen LogP contribution in [0.3, 0.4) is 0 Å². The van der Waals surface area contributed by atoms with Gasteiger partial charge in [-0.15, -0.1) is 0 Å². The summed E-state index contributed by atoms with van der Waals surface area (Å²) in [5.41, 5.74) is 0.972. The number of β-amino-alcohol motifs (C(OH)–C–C–N with tert-alkyl or cyclic N) is 1. The first-order valence-corrected chi connectivity index (χ1v) is 7.29. The first-order chi connectivity index (χ1) is 10.3. The Kier molecular flexibility index (Phi) is 4.59. The second-order valence-corrected chi connectivity index (χ2v) is 5.22.